The van der Waals surface area contributed by atoms with E-state index in [2.05, 4.69) is 22.0 Å². The Morgan fingerprint density at radius 3 is 1.96 bits per heavy atom. The Morgan fingerprint density at radius 2 is 1.35 bits per heavy atom. The van der Waals surface area contributed by atoms with Crippen LogP contribution in [0.1, 0.15) is 41.8 Å². The summed E-state index contributed by atoms with van der Waals surface area (Å²) in [6, 6.07) is 10.7. The summed E-state index contributed by atoms with van der Waals surface area (Å²) in [6.45, 7) is 2.77. The van der Waals surface area contributed by atoms with Crippen LogP contribution < -0.4 is 16.0 Å². The Bertz CT molecular complexity index is 856. The van der Waals surface area contributed by atoms with E-state index in [1.165, 1.54) is 25.0 Å². The molecule has 0 unspecified atom stereocenters. The molecule has 0 saturated heterocycles. The molecular weight excluding hydrogens is 330 g/mol. The maximum absolute atomic E-state index is 12.7. The average Bonchev–Trinajstić information content (AvgIpc) is 3.01. The van der Waals surface area contributed by atoms with Gasteiger partial charge in [-0.05, 0) is 60.7 Å². The van der Waals surface area contributed by atoms with E-state index in [0.717, 1.165) is 24.9 Å². The molecule has 0 radical (unpaired) electrons. The molecule has 6 nitrogen and oxygen atoms in total. The maximum Gasteiger partial charge on any atom is 0.255 e. The summed E-state index contributed by atoms with van der Waals surface area (Å²) in [5, 5.41) is 8.17. The Balaban J connectivity index is 1.85. The Labute approximate surface area is 152 Å². The molecule has 0 fully saturated rings. The highest BCUT2D eigenvalue weighted by atomic mass is 16.2. The van der Waals surface area contributed by atoms with E-state index in [4.69, 9.17) is 0 Å². The first-order valence-electron chi connectivity index (χ1n) is 8.54. The molecule has 3 rings (SSSR count). The van der Waals surface area contributed by atoms with Gasteiger partial charge in [-0.2, -0.15) is 0 Å². The van der Waals surface area contributed by atoms with Crippen molar-refractivity contribution in [1.82, 2.24) is 0 Å². The number of carbonyl (C=O) groups is 3. The molecule has 0 aliphatic heterocycles. The molecule has 3 N–H and O–H groups in total. The summed E-state index contributed by atoms with van der Waals surface area (Å²) in [4.78, 5) is 35.3. The van der Waals surface area contributed by atoms with Crippen molar-refractivity contribution < 1.29 is 14.4 Å². The van der Waals surface area contributed by atoms with E-state index in [-0.39, 0.29) is 17.7 Å². The lowest BCUT2D eigenvalue weighted by atomic mass is 10.1. The molecule has 134 valence electrons. The zero-order chi connectivity index (χ0) is 18.7. The van der Waals surface area contributed by atoms with Crippen LogP contribution in [0, 0.1) is 0 Å². The first-order valence-corrected chi connectivity index (χ1v) is 8.54. The maximum atomic E-state index is 12.7. The van der Waals surface area contributed by atoms with Gasteiger partial charge in [0, 0.05) is 36.5 Å². The normalized spacial score (nSPS) is 12.2. The van der Waals surface area contributed by atoms with E-state index >= 15 is 0 Å². The monoisotopic (exact) mass is 351 g/mol. The van der Waals surface area contributed by atoms with Crippen LogP contribution in [-0.4, -0.2) is 17.7 Å². The molecule has 1 aliphatic carbocycles. The Kier molecular flexibility index (Phi) is 5.02. The van der Waals surface area contributed by atoms with Gasteiger partial charge in [-0.3, -0.25) is 14.4 Å². The van der Waals surface area contributed by atoms with Crippen molar-refractivity contribution >= 4 is 34.8 Å². The van der Waals surface area contributed by atoms with Gasteiger partial charge in [0.2, 0.25) is 11.8 Å². The third-order valence-corrected chi connectivity index (χ3v) is 4.19. The summed E-state index contributed by atoms with van der Waals surface area (Å²) in [7, 11) is 0. The van der Waals surface area contributed by atoms with Gasteiger partial charge in [0.1, 0.15) is 0 Å². The zero-order valence-electron chi connectivity index (χ0n) is 14.8. The highest BCUT2D eigenvalue weighted by Crippen LogP contribution is 2.26. The van der Waals surface area contributed by atoms with Crippen LogP contribution >= 0.6 is 0 Å². The lowest BCUT2D eigenvalue weighted by Crippen LogP contribution is -2.15. The molecule has 0 spiro atoms. The second-order valence-corrected chi connectivity index (χ2v) is 6.45. The molecular formula is C20H21N3O3. The van der Waals surface area contributed by atoms with Crippen LogP contribution in [0.4, 0.5) is 17.1 Å². The smallest absolute Gasteiger partial charge is 0.255 e. The largest absolute Gasteiger partial charge is 0.326 e. The molecule has 0 heterocycles. The summed E-state index contributed by atoms with van der Waals surface area (Å²) < 4.78 is 0. The van der Waals surface area contributed by atoms with Gasteiger partial charge < -0.3 is 16.0 Å². The van der Waals surface area contributed by atoms with Crippen LogP contribution in [0.15, 0.2) is 36.4 Å². The lowest BCUT2D eigenvalue weighted by molar-refractivity contribution is -0.115. The number of nitrogens with one attached hydrogen (secondary N) is 3. The molecule has 1 aliphatic rings. The number of anilines is 3. The molecule has 0 aromatic heterocycles. The average molecular weight is 351 g/mol. The quantitative estimate of drug-likeness (QED) is 0.789. The Morgan fingerprint density at radius 1 is 0.731 bits per heavy atom. The van der Waals surface area contributed by atoms with Crippen molar-refractivity contribution in [1.29, 1.82) is 0 Å². The third-order valence-electron chi connectivity index (χ3n) is 4.19. The third kappa shape index (κ3) is 4.27. The van der Waals surface area contributed by atoms with Crippen LogP contribution in [0.25, 0.3) is 0 Å². The number of rotatable bonds is 4. The number of fused-ring (bicyclic) bond motifs is 1. The molecule has 0 saturated carbocycles. The standard InChI is InChI=1S/C20H21N3O3/c1-12(24)21-18-9-16(10-19(11-18)22-13(2)25)20(26)23-17-7-6-14-4-3-5-15(14)8-17/h6-11H,3-5H2,1-2H3,(H,21,24)(H,22,25)(H,23,26). The van der Waals surface area contributed by atoms with Crippen molar-refractivity contribution in [3.8, 4) is 0 Å². The lowest BCUT2D eigenvalue weighted by Gasteiger charge is -2.12. The predicted octanol–water partition coefficient (Wildman–Crippen LogP) is 3.34. The minimum Gasteiger partial charge on any atom is -0.326 e. The number of amides is 3. The molecule has 26 heavy (non-hydrogen) atoms. The zero-order valence-corrected chi connectivity index (χ0v) is 14.8. The van der Waals surface area contributed by atoms with Crippen molar-refractivity contribution in [2.45, 2.75) is 33.1 Å². The highest BCUT2D eigenvalue weighted by Gasteiger charge is 2.14. The summed E-state index contributed by atoms with van der Waals surface area (Å²) >= 11 is 0. The second-order valence-electron chi connectivity index (χ2n) is 6.45. The second kappa shape index (κ2) is 7.39. The van der Waals surface area contributed by atoms with E-state index in [0.29, 0.717) is 16.9 Å². The minimum absolute atomic E-state index is 0.255. The van der Waals surface area contributed by atoms with Gasteiger partial charge in [-0.1, -0.05) is 6.07 Å². The predicted molar refractivity (Wildman–Crippen MR) is 101 cm³/mol. The number of aryl methyl sites for hydroxylation is 2. The fraction of sp³-hybridized carbons (Fsp3) is 0.250. The molecule has 0 bridgehead atoms. The number of benzene rings is 2. The van der Waals surface area contributed by atoms with Crippen molar-refractivity contribution in [3.63, 3.8) is 0 Å². The molecule has 2 aromatic rings. The van der Waals surface area contributed by atoms with Gasteiger partial charge >= 0.3 is 0 Å². The number of carbonyl (C=O) groups excluding carboxylic acids is 3. The van der Waals surface area contributed by atoms with E-state index in [9.17, 15) is 14.4 Å². The molecule has 3 amide bonds. The fourth-order valence-electron chi connectivity index (χ4n) is 3.16. The van der Waals surface area contributed by atoms with Crippen LogP contribution in [-0.2, 0) is 22.4 Å². The molecule has 0 atom stereocenters. The van der Waals surface area contributed by atoms with Crippen molar-refractivity contribution in [2.24, 2.45) is 0 Å². The topological polar surface area (TPSA) is 87.3 Å². The molecule has 2 aromatic carbocycles. The summed E-state index contributed by atoms with van der Waals surface area (Å²) in [6.07, 6.45) is 3.26. The number of hydrogen-bond acceptors (Lipinski definition) is 3. The van der Waals surface area contributed by atoms with Crippen LogP contribution in [0.3, 0.4) is 0 Å². The highest BCUT2D eigenvalue weighted by molar-refractivity contribution is 6.06. The van der Waals surface area contributed by atoms with Gasteiger partial charge in [0.15, 0.2) is 0 Å². The van der Waals surface area contributed by atoms with Crippen molar-refractivity contribution in [3.05, 3.63) is 53.1 Å². The Hall–Kier alpha value is -3.15. The van der Waals surface area contributed by atoms with Crippen molar-refractivity contribution in [2.75, 3.05) is 16.0 Å². The van der Waals surface area contributed by atoms with E-state index in [1.54, 1.807) is 18.2 Å². The SMILES string of the molecule is CC(=O)Nc1cc(NC(C)=O)cc(C(=O)Nc2ccc3c(c2)CCC3)c1. The summed E-state index contributed by atoms with van der Waals surface area (Å²) in [5.74, 6) is -0.813. The van der Waals surface area contributed by atoms with Gasteiger partial charge in [0.25, 0.3) is 5.91 Å². The summed E-state index contributed by atoms with van der Waals surface area (Å²) in [5.41, 5.74) is 4.59. The van der Waals surface area contributed by atoms with Crippen LogP contribution in [0.5, 0.6) is 0 Å². The van der Waals surface area contributed by atoms with Gasteiger partial charge in [-0.25, -0.2) is 0 Å². The number of hydrogen-bond donors (Lipinski definition) is 3. The first-order chi connectivity index (χ1) is 12.4. The fourth-order valence-corrected chi connectivity index (χ4v) is 3.16. The minimum atomic E-state index is -0.304. The molecule has 6 heteroatoms. The van der Waals surface area contributed by atoms with Gasteiger partial charge in [0.05, 0.1) is 0 Å². The first kappa shape index (κ1) is 17.7. The van der Waals surface area contributed by atoms with Gasteiger partial charge in [-0.15, -0.1) is 0 Å². The van der Waals surface area contributed by atoms with E-state index < -0.39 is 0 Å². The van der Waals surface area contributed by atoms with E-state index in [1.807, 2.05) is 12.1 Å². The van der Waals surface area contributed by atoms with Crippen LogP contribution in [0.2, 0.25) is 0 Å².